The van der Waals surface area contributed by atoms with Crippen molar-refractivity contribution in [1.82, 2.24) is 14.5 Å². The standard InChI is InChI=1S/C21H24N4O3/c1-2-25-18-9-8-16(14-17(18)23-19(26)21(25)28)20(27)24(13-11-22)12-10-15-6-4-3-5-7-15/h3-9,14H,2,10-13,22H2,1H3,(H,23,26). The summed E-state index contributed by atoms with van der Waals surface area (Å²) in [6.07, 6.45) is 0.729. The molecule has 1 amide bonds. The Hall–Kier alpha value is -3.19. The Morgan fingerprint density at radius 2 is 1.86 bits per heavy atom. The number of fused-ring (bicyclic) bond motifs is 1. The number of aryl methyl sites for hydroxylation is 1. The molecule has 7 nitrogen and oxygen atoms in total. The minimum Gasteiger partial charge on any atom is -0.337 e. The van der Waals surface area contributed by atoms with Crippen molar-refractivity contribution in [2.24, 2.45) is 5.73 Å². The second kappa shape index (κ2) is 8.67. The van der Waals surface area contributed by atoms with Gasteiger partial charge in [-0.2, -0.15) is 0 Å². The largest absolute Gasteiger partial charge is 0.337 e. The first-order chi connectivity index (χ1) is 13.5. The summed E-state index contributed by atoms with van der Waals surface area (Å²) in [6, 6.07) is 14.9. The van der Waals surface area contributed by atoms with Gasteiger partial charge in [-0.1, -0.05) is 30.3 Å². The van der Waals surface area contributed by atoms with Gasteiger partial charge in [0.15, 0.2) is 0 Å². The van der Waals surface area contributed by atoms with Crippen molar-refractivity contribution in [2.75, 3.05) is 19.6 Å². The van der Waals surface area contributed by atoms with Crippen LogP contribution in [0.2, 0.25) is 0 Å². The molecule has 0 radical (unpaired) electrons. The molecular weight excluding hydrogens is 356 g/mol. The first-order valence-electron chi connectivity index (χ1n) is 9.35. The lowest BCUT2D eigenvalue weighted by Gasteiger charge is -2.22. The molecule has 0 unspecified atom stereocenters. The minimum absolute atomic E-state index is 0.154. The van der Waals surface area contributed by atoms with E-state index in [0.717, 1.165) is 12.0 Å². The quantitative estimate of drug-likeness (QED) is 0.604. The summed E-state index contributed by atoms with van der Waals surface area (Å²) in [5, 5.41) is 0. The Labute approximate surface area is 162 Å². The van der Waals surface area contributed by atoms with Crippen molar-refractivity contribution < 1.29 is 4.79 Å². The van der Waals surface area contributed by atoms with Crippen LogP contribution in [0.25, 0.3) is 11.0 Å². The van der Waals surface area contributed by atoms with Gasteiger partial charge >= 0.3 is 11.1 Å². The van der Waals surface area contributed by atoms with Gasteiger partial charge in [0.05, 0.1) is 11.0 Å². The maximum atomic E-state index is 13.0. The van der Waals surface area contributed by atoms with Gasteiger partial charge in [0, 0.05) is 31.7 Å². The minimum atomic E-state index is -0.693. The highest BCUT2D eigenvalue weighted by Gasteiger charge is 2.17. The van der Waals surface area contributed by atoms with Gasteiger partial charge in [-0.05, 0) is 37.1 Å². The predicted molar refractivity (Wildman–Crippen MR) is 110 cm³/mol. The lowest BCUT2D eigenvalue weighted by molar-refractivity contribution is 0.0762. The zero-order valence-electron chi connectivity index (χ0n) is 15.9. The Morgan fingerprint density at radius 3 is 2.54 bits per heavy atom. The Balaban J connectivity index is 1.90. The molecule has 0 aliphatic heterocycles. The number of H-pyrrole nitrogens is 1. The van der Waals surface area contributed by atoms with E-state index in [-0.39, 0.29) is 5.91 Å². The molecule has 28 heavy (non-hydrogen) atoms. The number of amides is 1. The number of carbonyl (C=O) groups is 1. The number of nitrogens with zero attached hydrogens (tertiary/aromatic N) is 2. The maximum Gasteiger partial charge on any atom is 0.316 e. The number of aromatic nitrogens is 2. The van der Waals surface area contributed by atoms with E-state index >= 15 is 0 Å². The van der Waals surface area contributed by atoms with Gasteiger partial charge in [-0.15, -0.1) is 0 Å². The van der Waals surface area contributed by atoms with Crippen LogP contribution in [-0.2, 0) is 13.0 Å². The summed E-state index contributed by atoms with van der Waals surface area (Å²) in [6.45, 7) is 3.52. The zero-order valence-corrected chi connectivity index (χ0v) is 15.9. The first kappa shape index (κ1) is 19.6. The fourth-order valence-corrected chi connectivity index (χ4v) is 3.29. The lowest BCUT2D eigenvalue weighted by atomic mass is 10.1. The molecule has 3 N–H and O–H groups in total. The molecule has 0 saturated carbocycles. The monoisotopic (exact) mass is 380 g/mol. The summed E-state index contributed by atoms with van der Waals surface area (Å²) < 4.78 is 1.40. The van der Waals surface area contributed by atoms with Crippen LogP contribution < -0.4 is 16.9 Å². The van der Waals surface area contributed by atoms with Gasteiger partial charge in [0.1, 0.15) is 0 Å². The van der Waals surface area contributed by atoms with Crippen molar-refractivity contribution in [3.8, 4) is 0 Å². The number of hydrogen-bond acceptors (Lipinski definition) is 4. The molecule has 0 aliphatic rings. The zero-order chi connectivity index (χ0) is 20.1. The molecule has 0 aliphatic carbocycles. The van der Waals surface area contributed by atoms with Crippen LogP contribution in [0.1, 0.15) is 22.8 Å². The van der Waals surface area contributed by atoms with Gasteiger partial charge in [-0.25, -0.2) is 0 Å². The fraction of sp³-hybridized carbons (Fsp3) is 0.286. The van der Waals surface area contributed by atoms with E-state index in [1.165, 1.54) is 4.57 Å². The van der Waals surface area contributed by atoms with Gasteiger partial charge in [0.25, 0.3) is 5.91 Å². The molecule has 1 heterocycles. The average Bonchev–Trinajstić information content (AvgIpc) is 2.72. The molecule has 0 saturated heterocycles. The smallest absolute Gasteiger partial charge is 0.316 e. The van der Waals surface area contributed by atoms with Crippen LogP contribution in [0.5, 0.6) is 0 Å². The number of aromatic amines is 1. The van der Waals surface area contributed by atoms with Crippen molar-refractivity contribution in [2.45, 2.75) is 19.9 Å². The topological polar surface area (TPSA) is 101 Å². The van der Waals surface area contributed by atoms with E-state index < -0.39 is 11.1 Å². The van der Waals surface area contributed by atoms with Crippen LogP contribution in [0.3, 0.4) is 0 Å². The Morgan fingerprint density at radius 1 is 1.11 bits per heavy atom. The van der Waals surface area contributed by atoms with Crippen molar-refractivity contribution in [1.29, 1.82) is 0 Å². The molecule has 7 heteroatoms. The van der Waals surface area contributed by atoms with E-state index in [1.54, 1.807) is 30.0 Å². The summed E-state index contributed by atoms with van der Waals surface area (Å²) in [7, 11) is 0. The molecular formula is C21H24N4O3. The predicted octanol–water partition coefficient (Wildman–Crippen LogP) is 1.35. The van der Waals surface area contributed by atoms with Crippen molar-refractivity contribution >= 4 is 16.9 Å². The lowest BCUT2D eigenvalue weighted by Crippen LogP contribution is -2.37. The summed E-state index contributed by atoms with van der Waals surface area (Å²) >= 11 is 0. The third-order valence-electron chi connectivity index (χ3n) is 4.74. The number of nitrogens with one attached hydrogen (secondary N) is 1. The maximum absolute atomic E-state index is 13.0. The highest BCUT2D eigenvalue weighted by Crippen LogP contribution is 2.14. The second-order valence-electron chi connectivity index (χ2n) is 6.55. The number of benzene rings is 2. The average molecular weight is 380 g/mol. The SMILES string of the molecule is CCn1c(=O)c(=O)[nH]c2cc(C(=O)N(CCN)CCc3ccccc3)ccc21. The van der Waals surface area contributed by atoms with Gasteiger partial charge < -0.3 is 20.2 Å². The second-order valence-corrected chi connectivity index (χ2v) is 6.55. The van der Waals surface area contributed by atoms with E-state index in [2.05, 4.69) is 4.98 Å². The molecule has 0 fully saturated rings. The number of nitrogens with two attached hydrogens (primary N) is 1. The highest BCUT2D eigenvalue weighted by atomic mass is 16.2. The van der Waals surface area contributed by atoms with E-state index in [9.17, 15) is 14.4 Å². The van der Waals surface area contributed by atoms with Crippen molar-refractivity contribution in [3.63, 3.8) is 0 Å². The molecule has 146 valence electrons. The van der Waals surface area contributed by atoms with Crippen LogP contribution in [0.4, 0.5) is 0 Å². The normalized spacial score (nSPS) is 10.9. The molecule has 0 bridgehead atoms. The Bertz CT molecular complexity index is 1090. The summed E-state index contributed by atoms with van der Waals surface area (Å²) in [5.41, 5.74) is 7.07. The molecule has 0 atom stereocenters. The van der Waals surface area contributed by atoms with Crippen LogP contribution in [0, 0.1) is 0 Å². The first-order valence-corrected chi connectivity index (χ1v) is 9.35. The molecule has 0 spiro atoms. The summed E-state index contributed by atoms with van der Waals surface area (Å²) in [5.74, 6) is -0.154. The van der Waals surface area contributed by atoms with Gasteiger partial charge in [-0.3, -0.25) is 14.4 Å². The van der Waals surface area contributed by atoms with Crippen LogP contribution in [-0.4, -0.2) is 40.0 Å². The number of rotatable bonds is 7. The van der Waals surface area contributed by atoms with Crippen LogP contribution >= 0.6 is 0 Å². The molecule has 3 aromatic rings. The third kappa shape index (κ3) is 4.04. The third-order valence-corrected chi connectivity index (χ3v) is 4.74. The van der Waals surface area contributed by atoms with E-state index in [4.69, 9.17) is 5.73 Å². The molecule has 3 rings (SSSR count). The molecule has 1 aromatic heterocycles. The fourth-order valence-electron chi connectivity index (χ4n) is 3.29. The number of carbonyl (C=O) groups excluding carboxylic acids is 1. The van der Waals surface area contributed by atoms with Crippen LogP contribution in [0.15, 0.2) is 58.1 Å². The van der Waals surface area contributed by atoms with E-state index in [0.29, 0.717) is 42.8 Å². The van der Waals surface area contributed by atoms with Gasteiger partial charge in [0.2, 0.25) is 0 Å². The molecule has 2 aromatic carbocycles. The van der Waals surface area contributed by atoms with E-state index in [1.807, 2.05) is 30.3 Å². The summed E-state index contributed by atoms with van der Waals surface area (Å²) in [4.78, 5) is 41.2. The Kier molecular flexibility index (Phi) is 6.06. The highest BCUT2D eigenvalue weighted by molar-refractivity contribution is 5.97. The number of hydrogen-bond donors (Lipinski definition) is 2. The van der Waals surface area contributed by atoms with Crippen molar-refractivity contribution in [3.05, 3.63) is 80.4 Å².